The number of benzene rings is 1. The van der Waals surface area contributed by atoms with E-state index in [1.54, 1.807) is 0 Å². The Hall–Kier alpha value is -1.55. The van der Waals surface area contributed by atoms with Gasteiger partial charge >= 0.3 is 0 Å². The lowest BCUT2D eigenvalue weighted by molar-refractivity contribution is 0.0792. The molecule has 1 aromatic carbocycles. The fraction of sp³-hybridized carbons (Fsp3) is 0.438. The number of carbonyl (C=O) groups excluding carboxylic acids is 1. The van der Waals surface area contributed by atoms with E-state index in [4.69, 9.17) is 5.73 Å². The number of carbonyl (C=O) groups is 1. The summed E-state index contributed by atoms with van der Waals surface area (Å²) < 4.78 is 1.11. The number of likely N-dealkylation sites (tertiary alicyclic amines) is 1. The van der Waals surface area contributed by atoms with Crippen LogP contribution in [0, 0.1) is 12.8 Å². The van der Waals surface area contributed by atoms with Crippen LogP contribution in [0.5, 0.6) is 0 Å². The minimum absolute atomic E-state index is 0.109. The van der Waals surface area contributed by atoms with Crippen molar-refractivity contribution in [3.05, 3.63) is 28.6 Å². The number of fused-ring (bicyclic) bond motifs is 1. The number of aryl methyl sites for hydroxylation is 1. The van der Waals surface area contributed by atoms with Crippen LogP contribution >= 0.6 is 11.3 Å². The van der Waals surface area contributed by atoms with Crippen molar-refractivity contribution in [2.75, 3.05) is 18.8 Å². The van der Waals surface area contributed by atoms with Crippen molar-refractivity contribution in [1.29, 1.82) is 0 Å². The highest BCUT2D eigenvalue weighted by molar-refractivity contribution is 7.21. The molecule has 1 saturated heterocycles. The normalized spacial score (nSPS) is 18.9. The van der Waals surface area contributed by atoms with Crippen molar-refractivity contribution >= 4 is 33.0 Å². The fourth-order valence-corrected chi connectivity index (χ4v) is 4.07. The maximum atomic E-state index is 12.6. The zero-order chi connectivity index (χ0) is 14.3. The minimum Gasteiger partial charge on any atom is -0.397 e. The molecule has 1 atom stereocenters. The highest BCUT2D eigenvalue weighted by Gasteiger charge is 2.28. The third-order valence-electron chi connectivity index (χ3n) is 4.23. The molecule has 1 aliphatic heterocycles. The summed E-state index contributed by atoms with van der Waals surface area (Å²) in [6, 6.07) is 6.17. The van der Waals surface area contributed by atoms with Crippen LogP contribution in [-0.2, 0) is 0 Å². The Morgan fingerprint density at radius 3 is 3.00 bits per heavy atom. The fourth-order valence-electron chi connectivity index (χ4n) is 2.88. The van der Waals surface area contributed by atoms with E-state index in [1.807, 2.05) is 17.0 Å². The van der Waals surface area contributed by atoms with Gasteiger partial charge in [0.05, 0.1) is 5.69 Å². The van der Waals surface area contributed by atoms with Crippen LogP contribution in [0.15, 0.2) is 18.2 Å². The van der Waals surface area contributed by atoms with Crippen LogP contribution in [0.25, 0.3) is 10.1 Å². The first-order valence-corrected chi connectivity index (χ1v) is 7.99. The van der Waals surface area contributed by atoms with E-state index < -0.39 is 0 Å². The van der Waals surface area contributed by atoms with Gasteiger partial charge in [0, 0.05) is 23.2 Å². The van der Waals surface area contributed by atoms with Crippen molar-refractivity contribution in [2.45, 2.75) is 26.7 Å². The molecule has 2 heterocycles. The Morgan fingerprint density at radius 1 is 1.50 bits per heavy atom. The lowest BCUT2D eigenvalue weighted by Gasteiger charge is -2.15. The van der Waals surface area contributed by atoms with Crippen LogP contribution in [0.2, 0.25) is 0 Å². The highest BCUT2D eigenvalue weighted by atomic mass is 32.1. The molecule has 0 spiro atoms. The molecule has 2 N–H and O–H groups in total. The van der Waals surface area contributed by atoms with Crippen molar-refractivity contribution in [3.63, 3.8) is 0 Å². The molecule has 3 rings (SSSR count). The van der Waals surface area contributed by atoms with Gasteiger partial charge in [-0.3, -0.25) is 4.79 Å². The van der Waals surface area contributed by atoms with Crippen LogP contribution < -0.4 is 5.73 Å². The highest BCUT2D eigenvalue weighted by Crippen LogP contribution is 2.35. The Bertz CT molecular complexity index is 662. The number of hydrogen-bond acceptors (Lipinski definition) is 3. The molecule has 106 valence electrons. The largest absolute Gasteiger partial charge is 0.397 e. The molecule has 4 heteroatoms. The summed E-state index contributed by atoms with van der Waals surface area (Å²) in [4.78, 5) is 15.3. The summed E-state index contributed by atoms with van der Waals surface area (Å²) in [6.45, 7) is 5.99. The summed E-state index contributed by atoms with van der Waals surface area (Å²) in [7, 11) is 0. The Balaban J connectivity index is 1.94. The monoisotopic (exact) mass is 288 g/mol. The van der Waals surface area contributed by atoms with Gasteiger partial charge in [-0.25, -0.2) is 0 Å². The average Bonchev–Trinajstić information content (AvgIpc) is 3.03. The second-order valence-electron chi connectivity index (χ2n) is 5.66. The molecule has 20 heavy (non-hydrogen) atoms. The van der Waals surface area contributed by atoms with Gasteiger partial charge in [-0.1, -0.05) is 25.5 Å². The summed E-state index contributed by atoms with van der Waals surface area (Å²) in [5.74, 6) is 0.758. The van der Waals surface area contributed by atoms with Crippen molar-refractivity contribution < 1.29 is 4.79 Å². The number of nitrogens with zero attached hydrogens (tertiary/aromatic N) is 1. The molecule has 1 fully saturated rings. The van der Waals surface area contributed by atoms with E-state index in [0.29, 0.717) is 16.5 Å². The lowest BCUT2D eigenvalue weighted by Crippen LogP contribution is -2.28. The van der Waals surface area contributed by atoms with Crippen LogP contribution in [0.4, 0.5) is 5.69 Å². The Kier molecular flexibility index (Phi) is 3.42. The number of thiophene rings is 1. The number of hydrogen-bond donors (Lipinski definition) is 1. The van der Waals surface area contributed by atoms with Crippen LogP contribution in [0.1, 0.15) is 35.0 Å². The SMILES string of the molecule is CCC1CCN(C(=O)c2sc3cc(C)ccc3c2N)C1. The molecule has 1 aromatic heterocycles. The zero-order valence-electron chi connectivity index (χ0n) is 12.0. The number of nitrogens with two attached hydrogens (primary N) is 1. The van der Waals surface area contributed by atoms with E-state index in [0.717, 1.165) is 36.0 Å². The maximum Gasteiger partial charge on any atom is 0.266 e. The van der Waals surface area contributed by atoms with Crippen LogP contribution in [0.3, 0.4) is 0 Å². The zero-order valence-corrected chi connectivity index (χ0v) is 12.8. The predicted octanol–water partition coefficient (Wildman–Crippen LogP) is 3.66. The summed E-state index contributed by atoms with van der Waals surface area (Å²) in [5.41, 5.74) is 8.03. The lowest BCUT2D eigenvalue weighted by atomic mass is 10.1. The van der Waals surface area contributed by atoms with Crippen molar-refractivity contribution in [1.82, 2.24) is 4.90 Å². The van der Waals surface area contributed by atoms with Gasteiger partial charge in [-0.05, 0) is 30.9 Å². The number of anilines is 1. The van der Waals surface area contributed by atoms with Gasteiger partial charge in [-0.15, -0.1) is 11.3 Å². The van der Waals surface area contributed by atoms with Gasteiger partial charge in [0.2, 0.25) is 0 Å². The molecule has 0 bridgehead atoms. The molecule has 3 nitrogen and oxygen atoms in total. The first-order valence-electron chi connectivity index (χ1n) is 7.18. The molecule has 1 unspecified atom stereocenters. The van der Waals surface area contributed by atoms with Crippen molar-refractivity contribution in [3.8, 4) is 0 Å². The molecule has 2 aromatic rings. The quantitative estimate of drug-likeness (QED) is 0.916. The van der Waals surface area contributed by atoms with E-state index in [1.165, 1.54) is 16.9 Å². The van der Waals surface area contributed by atoms with Gasteiger partial charge in [0.25, 0.3) is 5.91 Å². The number of rotatable bonds is 2. The second-order valence-corrected chi connectivity index (χ2v) is 6.71. The third kappa shape index (κ3) is 2.18. The van der Waals surface area contributed by atoms with Gasteiger partial charge in [-0.2, -0.15) is 0 Å². The Labute approximate surface area is 123 Å². The molecule has 0 saturated carbocycles. The Morgan fingerprint density at radius 2 is 2.30 bits per heavy atom. The van der Waals surface area contributed by atoms with E-state index in [9.17, 15) is 4.79 Å². The topological polar surface area (TPSA) is 46.3 Å². The predicted molar refractivity (Wildman–Crippen MR) is 85.3 cm³/mol. The summed E-state index contributed by atoms with van der Waals surface area (Å²) >= 11 is 1.53. The molecule has 1 aliphatic rings. The summed E-state index contributed by atoms with van der Waals surface area (Å²) in [6.07, 6.45) is 2.26. The number of amides is 1. The molecular formula is C16H20N2OS. The smallest absolute Gasteiger partial charge is 0.266 e. The summed E-state index contributed by atoms with van der Waals surface area (Å²) in [5, 5.41) is 1.01. The second kappa shape index (κ2) is 5.09. The van der Waals surface area contributed by atoms with Gasteiger partial charge in [0.15, 0.2) is 0 Å². The van der Waals surface area contributed by atoms with Crippen molar-refractivity contribution in [2.24, 2.45) is 5.92 Å². The average molecular weight is 288 g/mol. The molecular weight excluding hydrogens is 268 g/mol. The maximum absolute atomic E-state index is 12.6. The number of nitrogen functional groups attached to an aromatic ring is 1. The molecule has 0 aliphatic carbocycles. The third-order valence-corrected chi connectivity index (χ3v) is 5.38. The first-order chi connectivity index (χ1) is 9.60. The van der Waals surface area contributed by atoms with E-state index >= 15 is 0 Å². The van der Waals surface area contributed by atoms with E-state index in [-0.39, 0.29) is 5.91 Å². The van der Waals surface area contributed by atoms with Gasteiger partial charge < -0.3 is 10.6 Å². The van der Waals surface area contributed by atoms with Gasteiger partial charge in [0.1, 0.15) is 4.88 Å². The molecule has 0 radical (unpaired) electrons. The van der Waals surface area contributed by atoms with E-state index in [2.05, 4.69) is 19.9 Å². The molecule has 1 amide bonds. The standard InChI is InChI=1S/C16H20N2OS/c1-3-11-6-7-18(9-11)16(19)15-14(17)12-5-4-10(2)8-13(12)20-15/h4-5,8,11H,3,6-7,9,17H2,1-2H3. The van der Waals surface area contributed by atoms with Crippen LogP contribution in [-0.4, -0.2) is 23.9 Å². The minimum atomic E-state index is 0.109. The first kappa shape index (κ1) is 13.4.